The largest absolute Gasteiger partial charge is 0.477 e. The Morgan fingerprint density at radius 1 is 1.37 bits per heavy atom. The van der Waals surface area contributed by atoms with E-state index in [1.807, 2.05) is 27.7 Å². The van der Waals surface area contributed by atoms with Gasteiger partial charge in [-0.25, -0.2) is 10.8 Å². The Hall–Kier alpha value is -1.40. The van der Waals surface area contributed by atoms with Crippen molar-refractivity contribution in [2.75, 3.05) is 19.1 Å². The standard InChI is InChI=1S/C13H24N4O2/c1-9(2)12-15-10(17-14)8-11(16-12)19-7-6-13(3,4)18-5/h8-9H,6-7,14H2,1-5H3,(H,15,16,17). The molecule has 0 saturated carbocycles. The molecule has 0 amide bonds. The van der Waals surface area contributed by atoms with Crippen molar-refractivity contribution in [2.24, 2.45) is 5.84 Å². The van der Waals surface area contributed by atoms with Gasteiger partial charge in [0.25, 0.3) is 0 Å². The van der Waals surface area contributed by atoms with E-state index < -0.39 is 0 Å². The summed E-state index contributed by atoms with van der Waals surface area (Å²) in [4.78, 5) is 8.63. The summed E-state index contributed by atoms with van der Waals surface area (Å²) in [6.45, 7) is 8.60. The summed E-state index contributed by atoms with van der Waals surface area (Å²) in [5.41, 5.74) is 2.32. The molecule has 0 spiro atoms. The van der Waals surface area contributed by atoms with Crippen molar-refractivity contribution >= 4 is 5.82 Å². The monoisotopic (exact) mass is 268 g/mol. The maximum atomic E-state index is 5.65. The first-order valence-corrected chi connectivity index (χ1v) is 6.41. The third-order valence-electron chi connectivity index (χ3n) is 2.89. The smallest absolute Gasteiger partial charge is 0.218 e. The van der Waals surface area contributed by atoms with E-state index in [1.54, 1.807) is 13.2 Å². The second kappa shape index (κ2) is 6.68. The van der Waals surface area contributed by atoms with Crippen molar-refractivity contribution in [2.45, 2.75) is 45.6 Å². The highest BCUT2D eigenvalue weighted by Gasteiger charge is 2.16. The zero-order valence-electron chi connectivity index (χ0n) is 12.4. The quantitative estimate of drug-likeness (QED) is 0.582. The van der Waals surface area contributed by atoms with Gasteiger partial charge in [0.05, 0.1) is 12.2 Å². The molecule has 6 heteroatoms. The van der Waals surface area contributed by atoms with Gasteiger partial charge in [0.2, 0.25) is 5.88 Å². The van der Waals surface area contributed by atoms with Crippen molar-refractivity contribution in [3.05, 3.63) is 11.9 Å². The summed E-state index contributed by atoms with van der Waals surface area (Å²) in [6, 6.07) is 1.69. The zero-order chi connectivity index (χ0) is 14.5. The van der Waals surface area contributed by atoms with Crippen molar-refractivity contribution in [1.29, 1.82) is 0 Å². The topological polar surface area (TPSA) is 82.3 Å². The van der Waals surface area contributed by atoms with Crippen LogP contribution in [-0.2, 0) is 4.74 Å². The van der Waals surface area contributed by atoms with Gasteiger partial charge in [0.15, 0.2) is 0 Å². The van der Waals surface area contributed by atoms with E-state index >= 15 is 0 Å². The molecular formula is C13H24N4O2. The highest BCUT2D eigenvalue weighted by molar-refractivity contribution is 5.37. The Kier molecular flexibility index (Phi) is 5.50. The maximum absolute atomic E-state index is 5.65. The molecule has 1 aromatic rings. The number of nitrogens with one attached hydrogen (secondary N) is 1. The molecule has 1 rings (SSSR count). The second-order valence-electron chi connectivity index (χ2n) is 5.31. The van der Waals surface area contributed by atoms with Gasteiger partial charge in [-0.05, 0) is 13.8 Å². The third kappa shape index (κ3) is 5.00. The molecule has 0 aromatic carbocycles. The number of hydrazine groups is 1. The van der Waals surface area contributed by atoms with Crippen LogP contribution in [0.4, 0.5) is 5.82 Å². The van der Waals surface area contributed by atoms with E-state index in [2.05, 4.69) is 15.4 Å². The molecule has 19 heavy (non-hydrogen) atoms. The van der Waals surface area contributed by atoms with Crippen LogP contribution in [0.3, 0.4) is 0 Å². The Bertz CT molecular complexity index is 408. The minimum Gasteiger partial charge on any atom is -0.477 e. The van der Waals surface area contributed by atoms with E-state index in [1.165, 1.54) is 0 Å². The lowest BCUT2D eigenvalue weighted by Gasteiger charge is -2.22. The van der Waals surface area contributed by atoms with Gasteiger partial charge in [-0.1, -0.05) is 13.8 Å². The molecule has 0 aliphatic carbocycles. The number of hydrogen-bond acceptors (Lipinski definition) is 6. The molecule has 0 fully saturated rings. The minimum absolute atomic E-state index is 0.206. The fourth-order valence-electron chi connectivity index (χ4n) is 1.35. The second-order valence-corrected chi connectivity index (χ2v) is 5.31. The first-order valence-electron chi connectivity index (χ1n) is 6.41. The van der Waals surface area contributed by atoms with Crippen LogP contribution in [0.5, 0.6) is 5.88 Å². The van der Waals surface area contributed by atoms with Crippen molar-refractivity contribution in [1.82, 2.24) is 9.97 Å². The summed E-state index contributed by atoms with van der Waals surface area (Å²) in [5, 5.41) is 0. The molecular weight excluding hydrogens is 244 g/mol. The Morgan fingerprint density at radius 2 is 2.05 bits per heavy atom. The SMILES string of the molecule is COC(C)(C)CCOc1cc(NN)nc(C(C)C)n1. The molecule has 1 aromatic heterocycles. The van der Waals surface area contributed by atoms with Crippen LogP contribution in [0.2, 0.25) is 0 Å². The van der Waals surface area contributed by atoms with Crippen molar-refractivity contribution in [3.63, 3.8) is 0 Å². The highest BCUT2D eigenvalue weighted by Crippen LogP contribution is 2.19. The summed E-state index contributed by atoms with van der Waals surface area (Å²) < 4.78 is 11.0. The third-order valence-corrected chi connectivity index (χ3v) is 2.89. The number of nitrogens with two attached hydrogens (primary N) is 1. The predicted octanol–water partition coefficient (Wildman–Crippen LogP) is 2.08. The number of ether oxygens (including phenoxy) is 2. The van der Waals surface area contributed by atoms with Crippen molar-refractivity contribution in [3.8, 4) is 5.88 Å². The zero-order valence-corrected chi connectivity index (χ0v) is 12.4. The molecule has 0 aliphatic heterocycles. The van der Waals surface area contributed by atoms with Gasteiger partial charge >= 0.3 is 0 Å². The molecule has 1 heterocycles. The summed E-state index contributed by atoms with van der Waals surface area (Å²) in [6.07, 6.45) is 0.774. The molecule has 0 saturated heterocycles. The van der Waals surface area contributed by atoms with Crippen molar-refractivity contribution < 1.29 is 9.47 Å². The highest BCUT2D eigenvalue weighted by atomic mass is 16.5. The van der Waals surface area contributed by atoms with Gasteiger partial charge in [0, 0.05) is 25.5 Å². The van der Waals surface area contributed by atoms with E-state index in [0.29, 0.717) is 24.1 Å². The van der Waals surface area contributed by atoms with Gasteiger partial charge in [-0.15, -0.1) is 0 Å². The summed E-state index contributed by atoms with van der Waals surface area (Å²) in [7, 11) is 1.69. The molecule has 6 nitrogen and oxygen atoms in total. The fourth-order valence-corrected chi connectivity index (χ4v) is 1.35. The van der Waals surface area contributed by atoms with Crippen LogP contribution < -0.4 is 16.0 Å². The van der Waals surface area contributed by atoms with Crippen LogP contribution in [-0.4, -0.2) is 29.3 Å². The lowest BCUT2D eigenvalue weighted by atomic mass is 10.1. The summed E-state index contributed by atoms with van der Waals surface area (Å²) in [5.74, 6) is 7.39. The number of nitrogens with zero attached hydrogens (tertiary/aromatic N) is 2. The number of nitrogen functional groups attached to an aromatic ring is 1. The van der Waals surface area contributed by atoms with E-state index in [9.17, 15) is 0 Å². The molecule has 0 bridgehead atoms. The lowest BCUT2D eigenvalue weighted by molar-refractivity contribution is 0.00506. The first-order chi connectivity index (χ1) is 8.88. The van der Waals surface area contributed by atoms with E-state index in [0.717, 1.165) is 6.42 Å². The minimum atomic E-state index is -0.206. The maximum Gasteiger partial charge on any atom is 0.218 e. The number of anilines is 1. The van der Waals surface area contributed by atoms with Gasteiger partial charge < -0.3 is 14.9 Å². The first kappa shape index (κ1) is 15.7. The Balaban J connectivity index is 2.70. The average Bonchev–Trinajstić information content (AvgIpc) is 2.38. The van der Waals surface area contributed by atoms with Gasteiger partial charge in [-0.3, -0.25) is 0 Å². The number of methoxy groups -OCH3 is 1. The van der Waals surface area contributed by atoms with Crippen LogP contribution in [0.1, 0.15) is 45.9 Å². The molecule has 0 unspecified atom stereocenters. The van der Waals surface area contributed by atoms with E-state index in [-0.39, 0.29) is 11.5 Å². The molecule has 3 N–H and O–H groups in total. The Morgan fingerprint density at radius 3 is 2.58 bits per heavy atom. The number of hydrogen-bond donors (Lipinski definition) is 2. The average molecular weight is 268 g/mol. The Labute approximate surface area is 114 Å². The lowest BCUT2D eigenvalue weighted by Crippen LogP contribution is -2.25. The van der Waals surface area contributed by atoms with Gasteiger partial charge in [0.1, 0.15) is 11.6 Å². The molecule has 108 valence electrons. The predicted molar refractivity (Wildman–Crippen MR) is 75.1 cm³/mol. The van der Waals surface area contributed by atoms with Crippen LogP contribution in [0, 0.1) is 0 Å². The van der Waals surface area contributed by atoms with E-state index in [4.69, 9.17) is 15.3 Å². The number of rotatable bonds is 7. The molecule has 0 aliphatic rings. The normalized spacial score (nSPS) is 11.7. The van der Waals surface area contributed by atoms with Crippen LogP contribution >= 0.6 is 0 Å². The van der Waals surface area contributed by atoms with Crippen LogP contribution in [0.25, 0.3) is 0 Å². The summed E-state index contributed by atoms with van der Waals surface area (Å²) >= 11 is 0. The van der Waals surface area contributed by atoms with Gasteiger partial charge in [-0.2, -0.15) is 4.98 Å². The number of aromatic nitrogens is 2. The molecule has 0 radical (unpaired) electrons. The fraction of sp³-hybridized carbons (Fsp3) is 0.692. The van der Waals surface area contributed by atoms with Crippen LogP contribution in [0.15, 0.2) is 6.07 Å². The molecule has 0 atom stereocenters.